The molecule has 0 aliphatic carbocycles. The van der Waals surface area contributed by atoms with Gasteiger partial charge >= 0.3 is 0 Å². The SMILES string of the molecule is CC(C)c1n[nH]c(C(N)CCc2ccccc2)n1. The number of nitrogens with two attached hydrogens (primary N) is 1. The molecule has 0 saturated heterocycles. The fraction of sp³-hybridized carbons (Fsp3) is 0.429. The molecular weight excluding hydrogens is 224 g/mol. The van der Waals surface area contributed by atoms with E-state index in [2.05, 4.69) is 41.2 Å². The van der Waals surface area contributed by atoms with Crippen LogP contribution in [0, 0.1) is 0 Å². The van der Waals surface area contributed by atoms with E-state index in [0.717, 1.165) is 24.5 Å². The lowest BCUT2D eigenvalue weighted by atomic mass is 10.1. The number of aromatic nitrogens is 3. The summed E-state index contributed by atoms with van der Waals surface area (Å²) >= 11 is 0. The van der Waals surface area contributed by atoms with Crippen molar-refractivity contribution in [3.05, 3.63) is 47.5 Å². The minimum atomic E-state index is -0.0785. The van der Waals surface area contributed by atoms with E-state index in [1.165, 1.54) is 5.56 Å². The van der Waals surface area contributed by atoms with Crippen molar-refractivity contribution in [3.8, 4) is 0 Å². The minimum absolute atomic E-state index is 0.0785. The molecule has 1 aromatic heterocycles. The van der Waals surface area contributed by atoms with Crippen LogP contribution < -0.4 is 5.73 Å². The van der Waals surface area contributed by atoms with Crippen LogP contribution in [-0.2, 0) is 6.42 Å². The van der Waals surface area contributed by atoms with Crippen molar-refractivity contribution in [1.29, 1.82) is 0 Å². The van der Waals surface area contributed by atoms with Crippen LogP contribution in [0.1, 0.15) is 49.4 Å². The van der Waals surface area contributed by atoms with Crippen LogP contribution in [0.3, 0.4) is 0 Å². The van der Waals surface area contributed by atoms with Crippen LogP contribution in [-0.4, -0.2) is 15.2 Å². The van der Waals surface area contributed by atoms with Crippen LogP contribution in [0.15, 0.2) is 30.3 Å². The van der Waals surface area contributed by atoms with Gasteiger partial charge in [-0.3, -0.25) is 5.10 Å². The monoisotopic (exact) mass is 244 g/mol. The van der Waals surface area contributed by atoms with E-state index in [0.29, 0.717) is 5.92 Å². The van der Waals surface area contributed by atoms with Gasteiger partial charge in [0.25, 0.3) is 0 Å². The number of rotatable bonds is 5. The van der Waals surface area contributed by atoms with Gasteiger partial charge in [0.05, 0.1) is 6.04 Å². The van der Waals surface area contributed by atoms with E-state index < -0.39 is 0 Å². The molecule has 0 fully saturated rings. The van der Waals surface area contributed by atoms with Crippen LogP contribution in [0.25, 0.3) is 0 Å². The first-order valence-corrected chi connectivity index (χ1v) is 6.38. The second-order valence-electron chi connectivity index (χ2n) is 4.86. The van der Waals surface area contributed by atoms with Crippen molar-refractivity contribution in [3.63, 3.8) is 0 Å². The summed E-state index contributed by atoms with van der Waals surface area (Å²) in [4.78, 5) is 4.43. The summed E-state index contributed by atoms with van der Waals surface area (Å²) in [7, 11) is 0. The zero-order chi connectivity index (χ0) is 13.0. The fourth-order valence-electron chi connectivity index (χ4n) is 1.82. The summed E-state index contributed by atoms with van der Waals surface area (Å²) in [5.41, 5.74) is 7.42. The summed E-state index contributed by atoms with van der Waals surface area (Å²) in [5.74, 6) is 1.95. The second kappa shape index (κ2) is 5.78. The molecule has 0 aliphatic rings. The molecule has 2 aromatic rings. The highest BCUT2D eigenvalue weighted by Gasteiger charge is 2.13. The Hall–Kier alpha value is -1.68. The Labute approximate surface area is 108 Å². The first-order valence-electron chi connectivity index (χ1n) is 6.38. The first-order chi connectivity index (χ1) is 8.66. The number of nitrogens with one attached hydrogen (secondary N) is 1. The van der Waals surface area contributed by atoms with Gasteiger partial charge in [-0.2, -0.15) is 5.10 Å². The molecule has 0 radical (unpaired) electrons. The number of hydrogen-bond donors (Lipinski definition) is 2. The topological polar surface area (TPSA) is 67.6 Å². The number of aromatic amines is 1. The summed E-state index contributed by atoms with van der Waals surface area (Å²) < 4.78 is 0. The predicted molar refractivity (Wildman–Crippen MR) is 72.2 cm³/mol. The molecule has 3 N–H and O–H groups in total. The number of aryl methyl sites for hydroxylation is 1. The number of hydrogen-bond acceptors (Lipinski definition) is 3. The maximum atomic E-state index is 6.12. The van der Waals surface area contributed by atoms with Gasteiger partial charge in [-0.25, -0.2) is 4.98 Å². The third-order valence-corrected chi connectivity index (χ3v) is 2.97. The Balaban J connectivity index is 1.93. The van der Waals surface area contributed by atoms with Gasteiger partial charge < -0.3 is 5.73 Å². The van der Waals surface area contributed by atoms with Gasteiger partial charge in [-0.15, -0.1) is 0 Å². The fourth-order valence-corrected chi connectivity index (χ4v) is 1.82. The van der Waals surface area contributed by atoms with Gasteiger partial charge in [0.1, 0.15) is 5.82 Å². The van der Waals surface area contributed by atoms with E-state index in [-0.39, 0.29) is 6.04 Å². The van der Waals surface area contributed by atoms with Crippen molar-refractivity contribution < 1.29 is 0 Å². The Morgan fingerprint density at radius 1 is 1.22 bits per heavy atom. The lowest BCUT2D eigenvalue weighted by Gasteiger charge is -2.07. The molecule has 0 aliphatic heterocycles. The van der Waals surface area contributed by atoms with Crippen molar-refractivity contribution >= 4 is 0 Å². The average Bonchev–Trinajstić information content (AvgIpc) is 2.87. The van der Waals surface area contributed by atoms with Crippen molar-refractivity contribution in [2.24, 2.45) is 5.73 Å². The van der Waals surface area contributed by atoms with Gasteiger partial charge in [0.2, 0.25) is 0 Å². The lowest BCUT2D eigenvalue weighted by molar-refractivity contribution is 0.614. The molecule has 1 heterocycles. The molecular formula is C14H20N4. The van der Waals surface area contributed by atoms with Crippen LogP contribution in [0.2, 0.25) is 0 Å². The molecule has 4 nitrogen and oxygen atoms in total. The third-order valence-electron chi connectivity index (χ3n) is 2.97. The zero-order valence-corrected chi connectivity index (χ0v) is 10.9. The number of benzene rings is 1. The van der Waals surface area contributed by atoms with Gasteiger partial charge in [0, 0.05) is 5.92 Å². The van der Waals surface area contributed by atoms with E-state index in [1.807, 2.05) is 18.2 Å². The minimum Gasteiger partial charge on any atom is -0.321 e. The summed E-state index contributed by atoms with van der Waals surface area (Å²) in [6, 6.07) is 10.3. The highest BCUT2D eigenvalue weighted by molar-refractivity contribution is 5.15. The van der Waals surface area contributed by atoms with Crippen LogP contribution in [0.5, 0.6) is 0 Å². The zero-order valence-electron chi connectivity index (χ0n) is 10.9. The molecule has 4 heteroatoms. The van der Waals surface area contributed by atoms with Crippen molar-refractivity contribution in [2.75, 3.05) is 0 Å². The smallest absolute Gasteiger partial charge is 0.153 e. The molecule has 18 heavy (non-hydrogen) atoms. The standard InChI is InChI=1S/C14H20N4/c1-10(2)13-16-14(18-17-13)12(15)9-8-11-6-4-3-5-7-11/h3-7,10,12H,8-9,15H2,1-2H3,(H,16,17,18). The van der Waals surface area contributed by atoms with E-state index in [1.54, 1.807) is 0 Å². The van der Waals surface area contributed by atoms with Gasteiger partial charge in [0.15, 0.2) is 5.82 Å². The predicted octanol–water partition coefficient (Wildman–Crippen LogP) is 2.56. The Kier molecular flexibility index (Phi) is 4.10. The van der Waals surface area contributed by atoms with Crippen molar-refractivity contribution in [2.45, 2.75) is 38.6 Å². The first kappa shape index (κ1) is 12.8. The molecule has 0 spiro atoms. The maximum Gasteiger partial charge on any atom is 0.153 e. The molecule has 2 rings (SSSR count). The lowest BCUT2D eigenvalue weighted by Crippen LogP contribution is -2.13. The molecule has 96 valence electrons. The largest absolute Gasteiger partial charge is 0.321 e. The highest BCUT2D eigenvalue weighted by Crippen LogP contribution is 2.15. The quantitative estimate of drug-likeness (QED) is 0.849. The molecule has 1 unspecified atom stereocenters. The van der Waals surface area contributed by atoms with Crippen LogP contribution in [0.4, 0.5) is 0 Å². The van der Waals surface area contributed by atoms with Gasteiger partial charge in [-0.05, 0) is 18.4 Å². The Bertz CT molecular complexity index is 476. The molecule has 0 amide bonds. The summed E-state index contributed by atoms with van der Waals surface area (Å²) in [5, 5.41) is 7.11. The number of H-pyrrole nitrogens is 1. The van der Waals surface area contributed by atoms with E-state index >= 15 is 0 Å². The van der Waals surface area contributed by atoms with Crippen molar-refractivity contribution in [1.82, 2.24) is 15.2 Å². The Morgan fingerprint density at radius 3 is 2.56 bits per heavy atom. The molecule has 0 bridgehead atoms. The van der Waals surface area contributed by atoms with E-state index in [9.17, 15) is 0 Å². The number of nitrogens with zero attached hydrogens (tertiary/aromatic N) is 2. The molecule has 0 saturated carbocycles. The van der Waals surface area contributed by atoms with E-state index in [4.69, 9.17) is 5.73 Å². The second-order valence-corrected chi connectivity index (χ2v) is 4.86. The summed E-state index contributed by atoms with van der Waals surface area (Å²) in [6.07, 6.45) is 1.83. The molecule has 1 aromatic carbocycles. The van der Waals surface area contributed by atoms with Crippen LogP contribution >= 0.6 is 0 Å². The highest BCUT2D eigenvalue weighted by atomic mass is 15.2. The third kappa shape index (κ3) is 3.17. The Morgan fingerprint density at radius 2 is 1.94 bits per heavy atom. The van der Waals surface area contributed by atoms with Gasteiger partial charge in [-0.1, -0.05) is 44.2 Å². The maximum absolute atomic E-state index is 6.12. The molecule has 1 atom stereocenters. The normalized spacial score (nSPS) is 12.9. The average molecular weight is 244 g/mol. The summed E-state index contributed by atoms with van der Waals surface area (Å²) in [6.45, 7) is 4.14.